The van der Waals surface area contributed by atoms with E-state index in [0.29, 0.717) is 0 Å². The molecule has 0 fully saturated rings. The molecule has 0 heterocycles. The number of rotatable bonds is 2. The van der Waals surface area contributed by atoms with Crippen LogP contribution in [0.15, 0.2) is 48.5 Å². The van der Waals surface area contributed by atoms with Crippen molar-refractivity contribution in [3.05, 3.63) is 70.8 Å². The molecule has 0 amide bonds. The fourth-order valence-corrected chi connectivity index (χ4v) is 2.65. The average Bonchev–Trinajstić information content (AvgIpc) is 2.46. The Morgan fingerprint density at radius 1 is 0.652 bits per heavy atom. The Balaban J connectivity index is 2.22. The lowest BCUT2D eigenvalue weighted by Crippen LogP contribution is -2.10. The van der Waals surface area contributed by atoms with Crippen LogP contribution >= 0.6 is 0 Å². The van der Waals surface area contributed by atoms with Crippen molar-refractivity contribution < 1.29 is 0 Å². The number of allylic oxidation sites excluding steroid dienone is 1. The lowest BCUT2D eigenvalue weighted by atomic mass is 9.86. The summed E-state index contributed by atoms with van der Waals surface area (Å²) < 4.78 is 0. The van der Waals surface area contributed by atoms with E-state index in [-0.39, 0.29) is 10.8 Å². The van der Waals surface area contributed by atoms with Crippen LogP contribution in [0, 0.1) is 0 Å². The molecule has 0 N–H and O–H groups in total. The van der Waals surface area contributed by atoms with E-state index in [2.05, 4.69) is 103 Å². The second-order valence-electron chi connectivity index (χ2n) is 8.53. The van der Waals surface area contributed by atoms with Gasteiger partial charge in [0.15, 0.2) is 0 Å². The fourth-order valence-electron chi connectivity index (χ4n) is 2.65. The summed E-state index contributed by atoms with van der Waals surface area (Å²) in [6.07, 6.45) is 2.26. The molecule has 0 saturated heterocycles. The zero-order valence-electron chi connectivity index (χ0n) is 15.7. The van der Waals surface area contributed by atoms with Crippen LogP contribution in [0.2, 0.25) is 0 Å². The molecule has 0 aromatic heterocycles. The quantitative estimate of drug-likeness (QED) is 0.533. The molecule has 0 aliphatic carbocycles. The summed E-state index contributed by atoms with van der Waals surface area (Å²) >= 11 is 0. The smallest absolute Gasteiger partial charge is 0.0132 e. The van der Waals surface area contributed by atoms with E-state index >= 15 is 0 Å². The number of hydrogen-bond acceptors (Lipinski definition) is 0. The highest BCUT2D eigenvalue weighted by Gasteiger charge is 2.13. The normalized spacial score (nSPS) is 13.3. The Kier molecular flexibility index (Phi) is 4.84. The summed E-state index contributed by atoms with van der Waals surface area (Å²) in [7, 11) is 0. The van der Waals surface area contributed by atoms with Gasteiger partial charge in [-0.1, -0.05) is 96.1 Å². The first-order valence-electron chi connectivity index (χ1n) is 8.47. The van der Waals surface area contributed by atoms with Gasteiger partial charge in [-0.05, 0) is 45.6 Å². The lowest BCUT2D eigenvalue weighted by Gasteiger charge is -2.19. The predicted molar refractivity (Wildman–Crippen MR) is 104 cm³/mol. The molecule has 0 unspecified atom stereocenters. The van der Waals surface area contributed by atoms with Crippen LogP contribution in [0.3, 0.4) is 0 Å². The molecule has 0 heteroatoms. The number of benzene rings is 2. The Labute approximate surface area is 142 Å². The highest BCUT2D eigenvalue weighted by Crippen LogP contribution is 2.26. The van der Waals surface area contributed by atoms with Gasteiger partial charge in [0.1, 0.15) is 0 Å². The van der Waals surface area contributed by atoms with Crippen LogP contribution in [0.5, 0.6) is 0 Å². The molecule has 23 heavy (non-hydrogen) atoms. The topological polar surface area (TPSA) is 0 Å². The zero-order valence-corrected chi connectivity index (χ0v) is 15.7. The second-order valence-corrected chi connectivity index (χ2v) is 8.53. The Hall–Kier alpha value is -1.82. The third kappa shape index (κ3) is 4.58. The van der Waals surface area contributed by atoms with Crippen molar-refractivity contribution in [3.63, 3.8) is 0 Å². The molecule has 0 aliphatic rings. The van der Waals surface area contributed by atoms with Crippen molar-refractivity contribution >= 4 is 11.6 Å². The molecule has 0 saturated carbocycles. The Morgan fingerprint density at radius 2 is 1.04 bits per heavy atom. The first-order chi connectivity index (χ1) is 10.6. The summed E-state index contributed by atoms with van der Waals surface area (Å²) in [5, 5.41) is 0. The molecular weight excluding hydrogens is 276 g/mol. The summed E-state index contributed by atoms with van der Waals surface area (Å²) in [6, 6.07) is 17.9. The molecule has 2 aromatic carbocycles. The molecule has 0 aliphatic heterocycles. The first kappa shape index (κ1) is 17.5. The largest absolute Gasteiger partial charge is 0.0579 e. The van der Waals surface area contributed by atoms with Crippen molar-refractivity contribution in [1.29, 1.82) is 0 Å². The summed E-state index contributed by atoms with van der Waals surface area (Å²) in [5.41, 5.74) is 7.02. The van der Waals surface area contributed by atoms with Crippen LogP contribution < -0.4 is 0 Å². The van der Waals surface area contributed by atoms with E-state index in [9.17, 15) is 0 Å². The van der Waals surface area contributed by atoms with E-state index in [0.717, 1.165) is 0 Å². The maximum atomic E-state index is 2.26. The van der Waals surface area contributed by atoms with Gasteiger partial charge in [-0.15, -0.1) is 0 Å². The predicted octanol–water partition coefficient (Wildman–Crippen LogP) is 6.84. The third-order valence-electron chi connectivity index (χ3n) is 4.37. The molecule has 2 aromatic rings. The summed E-state index contributed by atoms with van der Waals surface area (Å²) in [6.45, 7) is 15.7. The Morgan fingerprint density at radius 3 is 1.43 bits per heavy atom. The molecule has 0 nitrogen and oxygen atoms in total. The van der Waals surface area contributed by atoms with Gasteiger partial charge in [-0.3, -0.25) is 0 Å². The van der Waals surface area contributed by atoms with Crippen LogP contribution in [-0.2, 0) is 10.8 Å². The lowest BCUT2D eigenvalue weighted by molar-refractivity contribution is 0.590. The monoisotopic (exact) mass is 306 g/mol. The van der Waals surface area contributed by atoms with E-state index in [1.165, 1.54) is 27.8 Å². The fraction of sp³-hybridized carbons (Fsp3) is 0.391. The minimum absolute atomic E-state index is 0.207. The third-order valence-corrected chi connectivity index (χ3v) is 4.37. The summed E-state index contributed by atoms with van der Waals surface area (Å²) in [4.78, 5) is 0. The van der Waals surface area contributed by atoms with Gasteiger partial charge in [0, 0.05) is 0 Å². The molecule has 0 radical (unpaired) electrons. The molecule has 0 atom stereocenters. The van der Waals surface area contributed by atoms with Crippen LogP contribution in [-0.4, -0.2) is 0 Å². The highest BCUT2D eigenvalue weighted by atomic mass is 14.2. The van der Waals surface area contributed by atoms with Crippen LogP contribution in [0.4, 0.5) is 0 Å². The van der Waals surface area contributed by atoms with Gasteiger partial charge in [0.05, 0.1) is 0 Å². The van der Waals surface area contributed by atoms with E-state index < -0.39 is 0 Å². The molecule has 2 rings (SSSR count). The van der Waals surface area contributed by atoms with Crippen LogP contribution in [0.25, 0.3) is 11.6 Å². The molecular formula is C23H30. The van der Waals surface area contributed by atoms with Crippen molar-refractivity contribution in [2.24, 2.45) is 0 Å². The van der Waals surface area contributed by atoms with Gasteiger partial charge in [-0.25, -0.2) is 0 Å². The van der Waals surface area contributed by atoms with Gasteiger partial charge < -0.3 is 0 Å². The maximum Gasteiger partial charge on any atom is -0.0132 e. The standard InChI is InChI=1S/C23H30/c1-17(19-10-14-21(15-11-19)23(5,6)7)16-18-8-12-20(13-9-18)22(2,3)4/h8-16H,1-7H3/b17-16+. The van der Waals surface area contributed by atoms with Gasteiger partial charge >= 0.3 is 0 Å². The minimum Gasteiger partial charge on any atom is -0.0579 e. The van der Waals surface area contributed by atoms with Crippen molar-refractivity contribution in [1.82, 2.24) is 0 Å². The Bertz CT molecular complexity index is 669. The highest BCUT2D eigenvalue weighted by molar-refractivity contribution is 5.80. The van der Waals surface area contributed by atoms with E-state index in [4.69, 9.17) is 0 Å². The average molecular weight is 306 g/mol. The van der Waals surface area contributed by atoms with Crippen LogP contribution in [0.1, 0.15) is 70.7 Å². The van der Waals surface area contributed by atoms with Gasteiger partial charge in [0.25, 0.3) is 0 Å². The van der Waals surface area contributed by atoms with Gasteiger partial charge in [0.2, 0.25) is 0 Å². The molecule has 0 bridgehead atoms. The first-order valence-corrected chi connectivity index (χ1v) is 8.47. The van der Waals surface area contributed by atoms with E-state index in [1.807, 2.05) is 0 Å². The zero-order chi connectivity index (χ0) is 17.3. The number of hydrogen-bond donors (Lipinski definition) is 0. The van der Waals surface area contributed by atoms with E-state index in [1.54, 1.807) is 0 Å². The molecule has 0 spiro atoms. The van der Waals surface area contributed by atoms with Crippen molar-refractivity contribution in [2.45, 2.75) is 59.3 Å². The minimum atomic E-state index is 0.207. The maximum absolute atomic E-state index is 2.26. The SMILES string of the molecule is C/C(=C\c1ccc(C(C)(C)C)cc1)c1ccc(C(C)(C)C)cc1. The molecule has 122 valence electrons. The summed E-state index contributed by atoms with van der Waals surface area (Å²) in [5.74, 6) is 0. The second kappa shape index (κ2) is 6.35. The van der Waals surface area contributed by atoms with Crippen molar-refractivity contribution in [3.8, 4) is 0 Å². The van der Waals surface area contributed by atoms with Gasteiger partial charge in [-0.2, -0.15) is 0 Å². The van der Waals surface area contributed by atoms with Crippen molar-refractivity contribution in [2.75, 3.05) is 0 Å².